The summed E-state index contributed by atoms with van der Waals surface area (Å²) in [7, 11) is 0. The number of pyridine rings is 1. The number of hydrogen-bond acceptors (Lipinski definition) is 5. The molecule has 5 N–H and O–H groups in total. The van der Waals surface area contributed by atoms with Gasteiger partial charge in [-0.25, -0.2) is 13.8 Å². The molecular formula is C12H11F2N5. The first kappa shape index (κ1) is 11.7. The summed E-state index contributed by atoms with van der Waals surface area (Å²) < 4.78 is 26.1. The maximum Gasteiger partial charge on any atom is 0.169 e. The fourth-order valence-corrected chi connectivity index (χ4v) is 2.01. The average molecular weight is 263 g/mol. The largest absolute Gasteiger partial charge is 0.384 e. The Morgan fingerprint density at radius 3 is 2.74 bits per heavy atom. The third-order valence-corrected chi connectivity index (χ3v) is 2.87. The Morgan fingerprint density at radius 1 is 1.11 bits per heavy atom. The van der Waals surface area contributed by atoms with Crippen molar-refractivity contribution in [1.82, 2.24) is 10.5 Å². The van der Waals surface area contributed by atoms with E-state index in [4.69, 9.17) is 5.73 Å². The van der Waals surface area contributed by atoms with Gasteiger partial charge < -0.3 is 11.2 Å². The first-order chi connectivity index (χ1) is 9.13. The van der Waals surface area contributed by atoms with Crippen molar-refractivity contribution in [2.75, 3.05) is 16.6 Å². The van der Waals surface area contributed by atoms with Gasteiger partial charge in [0.25, 0.3) is 0 Å². The fourth-order valence-electron chi connectivity index (χ4n) is 2.01. The Balaban J connectivity index is 1.97. The van der Waals surface area contributed by atoms with Crippen LogP contribution in [-0.2, 0) is 6.42 Å². The molecule has 0 unspecified atom stereocenters. The van der Waals surface area contributed by atoms with Crippen LogP contribution in [-0.4, -0.2) is 4.98 Å². The minimum Gasteiger partial charge on any atom is -0.384 e. The highest BCUT2D eigenvalue weighted by Crippen LogP contribution is 2.30. The molecule has 0 aliphatic carbocycles. The Morgan fingerprint density at radius 2 is 1.95 bits per heavy atom. The molecule has 3 rings (SSSR count). The topological polar surface area (TPSA) is 75.0 Å². The lowest BCUT2D eigenvalue weighted by Crippen LogP contribution is -2.19. The van der Waals surface area contributed by atoms with E-state index in [1.165, 1.54) is 12.1 Å². The predicted octanol–water partition coefficient (Wildman–Crippen LogP) is 1.79. The van der Waals surface area contributed by atoms with Crippen LogP contribution in [0.4, 0.5) is 26.1 Å². The molecule has 19 heavy (non-hydrogen) atoms. The van der Waals surface area contributed by atoms with Crippen LogP contribution < -0.4 is 22.1 Å². The third-order valence-electron chi connectivity index (χ3n) is 2.87. The highest BCUT2D eigenvalue weighted by Gasteiger charge is 2.16. The lowest BCUT2D eigenvalue weighted by Gasteiger charge is -2.08. The van der Waals surface area contributed by atoms with Crippen LogP contribution in [0.3, 0.4) is 0 Å². The number of rotatable bonds is 2. The maximum atomic E-state index is 13.2. The molecule has 2 heterocycles. The van der Waals surface area contributed by atoms with Crippen molar-refractivity contribution in [3.63, 3.8) is 0 Å². The van der Waals surface area contributed by atoms with Crippen molar-refractivity contribution in [3.8, 4) is 0 Å². The van der Waals surface area contributed by atoms with Gasteiger partial charge in [0, 0.05) is 0 Å². The summed E-state index contributed by atoms with van der Waals surface area (Å²) in [6, 6.07) is 5.52. The molecule has 1 aliphatic rings. The summed E-state index contributed by atoms with van der Waals surface area (Å²) in [5.41, 5.74) is 16.3. The van der Waals surface area contributed by atoms with Crippen LogP contribution >= 0.6 is 0 Å². The molecule has 1 aliphatic heterocycles. The number of aromatic nitrogens is 1. The zero-order chi connectivity index (χ0) is 13.4. The van der Waals surface area contributed by atoms with Crippen molar-refractivity contribution < 1.29 is 8.78 Å². The normalized spacial score (nSPS) is 12.7. The molecule has 0 amide bonds. The van der Waals surface area contributed by atoms with Gasteiger partial charge in [0.05, 0.1) is 5.69 Å². The van der Waals surface area contributed by atoms with E-state index >= 15 is 0 Å². The second kappa shape index (κ2) is 4.36. The number of hydrazine groups is 2. The van der Waals surface area contributed by atoms with Crippen molar-refractivity contribution in [2.45, 2.75) is 6.42 Å². The summed E-state index contributed by atoms with van der Waals surface area (Å²) >= 11 is 0. The van der Waals surface area contributed by atoms with Gasteiger partial charge in [-0.05, 0) is 35.7 Å². The molecule has 1 aromatic heterocycles. The molecule has 0 spiro atoms. The number of nitrogens with one attached hydrogen (secondary N) is 3. The fraction of sp³-hybridized carbons (Fsp3) is 0.0833. The summed E-state index contributed by atoms with van der Waals surface area (Å²) in [6.07, 6.45) is 0.419. The minimum absolute atomic E-state index is 0.356. The molecule has 5 nitrogen and oxygen atoms in total. The number of halogens is 2. The molecule has 0 fully saturated rings. The van der Waals surface area contributed by atoms with Gasteiger partial charge in [-0.1, -0.05) is 6.07 Å². The van der Waals surface area contributed by atoms with E-state index in [-0.39, 0.29) is 0 Å². The summed E-state index contributed by atoms with van der Waals surface area (Å²) in [4.78, 5) is 4.10. The van der Waals surface area contributed by atoms with Crippen LogP contribution in [0, 0.1) is 11.6 Å². The van der Waals surface area contributed by atoms with Crippen molar-refractivity contribution >= 4 is 17.3 Å². The van der Waals surface area contributed by atoms with E-state index < -0.39 is 11.6 Å². The number of fused-ring (bicyclic) bond motifs is 1. The Labute approximate surface area is 107 Å². The third kappa shape index (κ3) is 2.15. The molecule has 7 heteroatoms. The van der Waals surface area contributed by atoms with Gasteiger partial charge in [-0.3, -0.25) is 5.43 Å². The molecule has 98 valence electrons. The lowest BCUT2D eigenvalue weighted by atomic mass is 10.0. The molecule has 0 bridgehead atoms. The number of nitrogens with two attached hydrogens (primary N) is 1. The number of nitrogen functional groups attached to an aromatic ring is 1. The van der Waals surface area contributed by atoms with E-state index in [9.17, 15) is 8.78 Å². The zero-order valence-corrected chi connectivity index (χ0v) is 9.80. The highest BCUT2D eigenvalue weighted by atomic mass is 19.2. The molecule has 0 saturated carbocycles. The first-order valence-corrected chi connectivity index (χ1v) is 5.64. The Hall–Kier alpha value is -2.41. The molecule has 0 radical (unpaired) electrons. The van der Waals surface area contributed by atoms with Crippen LogP contribution in [0.15, 0.2) is 24.3 Å². The van der Waals surface area contributed by atoms with Crippen LogP contribution in [0.25, 0.3) is 0 Å². The van der Waals surface area contributed by atoms with Gasteiger partial charge >= 0.3 is 0 Å². The minimum atomic E-state index is -0.861. The second-order valence-electron chi connectivity index (χ2n) is 4.23. The smallest absolute Gasteiger partial charge is 0.169 e. The summed E-state index contributed by atoms with van der Waals surface area (Å²) in [5.74, 6) is -0.781. The number of anilines is 3. The lowest BCUT2D eigenvalue weighted by molar-refractivity contribution is 0.507. The number of hydrogen-bond donors (Lipinski definition) is 4. The summed E-state index contributed by atoms with van der Waals surface area (Å²) in [5, 5.41) is 0. The maximum absolute atomic E-state index is 13.2. The van der Waals surface area contributed by atoms with Gasteiger partial charge in [-0.15, -0.1) is 5.53 Å². The van der Waals surface area contributed by atoms with Crippen molar-refractivity contribution in [1.29, 1.82) is 0 Å². The number of nitrogens with zero attached hydrogens (tertiary/aromatic N) is 1. The van der Waals surface area contributed by atoms with E-state index in [1.54, 1.807) is 6.07 Å². The van der Waals surface area contributed by atoms with E-state index in [0.29, 0.717) is 23.6 Å². The average Bonchev–Trinajstić information content (AvgIpc) is 2.82. The van der Waals surface area contributed by atoms with Crippen LogP contribution in [0.5, 0.6) is 0 Å². The van der Waals surface area contributed by atoms with E-state index in [0.717, 1.165) is 17.3 Å². The quantitative estimate of drug-likeness (QED) is 0.664. The monoisotopic (exact) mass is 263 g/mol. The summed E-state index contributed by atoms with van der Waals surface area (Å²) in [6.45, 7) is 0. The highest BCUT2D eigenvalue weighted by molar-refractivity contribution is 5.74. The second-order valence-corrected chi connectivity index (χ2v) is 4.23. The van der Waals surface area contributed by atoms with E-state index in [1.807, 2.05) is 0 Å². The molecule has 1 aromatic carbocycles. The molecule has 2 aromatic rings. The van der Waals surface area contributed by atoms with Gasteiger partial charge in [-0.2, -0.15) is 0 Å². The Kier molecular flexibility index (Phi) is 2.68. The number of benzene rings is 1. The van der Waals surface area contributed by atoms with Crippen molar-refractivity contribution in [2.24, 2.45) is 0 Å². The molecule has 0 saturated heterocycles. The SMILES string of the molecule is Nc1cc(Cc2ccc(F)c(F)c2)c2c(n1)NNN2. The Bertz CT molecular complexity index is 644. The predicted molar refractivity (Wildman–Crippen MR) is 68.2 cm³/mol. The molecule has 0 atom stereocenters. The van der Waals surface area contributed by atoms with Gasteiger partial charge in [0.2, 0.25) is 0 Å². The standard InChI is InChI=1S/C12H11F2N5/c13-8-2-1-6(4-9(8)14)3-7-5-10(15)16-12-11(7)17-19-18-12/h1-2,4-5,17,19H,3H2,(H3,15,16,18). The van der Waals surface area contributed by atoms with Crippen LogP contribution in [0.2, 0.25) is 0 Å². The van der Waals surface area contributed by atoms with E-state index in [2.05, 4.69) is 21.4 Å². The van der Waals surface area contributed by atoms with Crippen molar-refractivity contribution in [3.05, 3.63) is 47.0 Å². The first-order valence-electron chi connectivity index (χ1n) is 5.64. The van der Waals surface area contributed by atoms with Gasteiger partial charge in [0.1, 0.15) is 5.82 Å². The van der Waals surface area contributed by atoms with Gasteiger partial charge in [0.15, 0.2) is 17.5 Å². The molecular weight excluding hydrogens is 252 g/mol. The van der Waals surface area contributed by atoms with Crippen LogP contribution in [0.1, 0.15) is 11.1 Å². The zero-order valence-electron chi connectivity index (χ0n) is 9.80.